The van der Waals surface area contributed by atoms with Crippen molar-refractivity contribution in [3.8, 4) is 5.75 Å². The minimum atomic E-state index is 0.520. The van der Waals surface area contributed by atoms with E-state index in [4.69, 9.17) is 21.2 Å². The number of anilines is 1. The summed E-state index contributed by atoms with van der Waals surface area (Å²) in [6.45, 7) is 1.89. The smallest absolute Gasteiger partial charge is 0.179 e. The standard InChI is InChI=1S/C7H7BrClNO/c1-4-2-5(9)6(10)3-7(4)11-8/h2-3H,10H2,1H3. The van der Waals surface area contributed by atoms with Crippen LogP contribution in [0.1, 0.15) is 5.56 Å². The lowest BCUT2D eigenvalue weighted by Gasteiger charge is -2.04. The van der Waals surface area contributed by atoms with Gasteiger partial charge in [-0.15, -0.1) is 0 Å². The molecule has 4 heteroatoms. The number of aryl methyl sites for hydroxylation is 1. The van der Waals surface area contributed by atoms with Crippen LogP contribution in [0.5, 0.6) is 5.75 Å². The van der Waals surface area contributed by atoms with Crippen LogP contribution in [0.4, 0.5) is 5.69 Å². The summed E-state index contributed by atoms with van der Waals surface area (Å²) in [5.74, 6) is 0.687. The number of hydrogen-bond donors (Lipinski definition) is 1. The van der Waals surface area contributed by atoms with E-state index in [0.717, 1.165) is 5.56 Å². The van der Waals surface area contributed by atoms with Crippen LogP contribution < -0.4 is 9.56 Å². The van der Waals surface area contributed by atoms with Crippen LogP contribution in [-0.2, 0) is 0 Å². The molecule has 0 radical (unpaired) electrons. The maximum Gasteiger partial charge on any atom is 0.179 e. The molecule has 0 aliphatic heterocycles. The molecule has 0 unspecified atom stereocenters. The lowest BCUT2D eigenvalue weighted by Crippen LogP contribution is -1.89. The molecule has 60 valence electrons. The van der Waals surface area contributed by atoms with E-state index in [1.165, 1.54) is 0 Å². The van der Waals surface area contributed by atoms with Crippen molar-refractivity contribution >= 4 is 33.5 Å². The van der Waals surface area contributed by atoms with Crippen LogP contribution in [0.15, 0.2) is 12.1 Å². The normalized spacial score (nSPS) is 9.73. The van der Waals surface area contributed by atoms with Gasteiger partial charge in [0.05, 0.1) is 10.7 Å². The van der Waals surface area contributed by atoms with Gasteiger partial charge in [-0.3, -0.25) is 0 Å². The van der Waals surface area contributed by atoms with E-state index in [-0.39, 0.29) is 0 Å². The average Bonchev–Trinajstić information content (AvgIpc) is 1.97. The third-order valence-electron chi connectivity index (χ3n) is 1.38. The highest BCUT2D eigenvalue weighted by molar-refractivity contribution is 9.06. The minimum Gasteiger partial charge on any atom is -0.418 e. The van der Waals surface area contributed by atoms with Gasteiger partial charge in [-0.05, 0) is 18.6 Å². The van der Waals surface area contributed by atoms with Gasteiger partial charge in [0.25, 0.3) is 0 Å². The first kappa shape index (κ1) is 8.68. The van der Waals surface area contributed by atoms with Crippen molar-refractivity contribution in [2.75, 3.05) is 5.73 Å². The van der Waals surface area contributed by atoms with Crippen molar-refractivity contribution in [1.82, 2.24) is 0 Å². The summed E-state index contributed by atoms with van der Waals surface area (Å²) in [6, 6.07) is 3.43. The molecule has 0 saturated carbocycles. The Morgan fingerprint density at radius 2 is 2.18 bits per heavy atom. The summed E-state index contributed by atoms with van der Waals surface area (Å²) in [7, 11) is 0. The van der Waals surface area contributed by atoms with Crippen molar-refractivity contribution < 1.29 is 3.83 Å². The Labute approximate surface area is 78.7 Å². The largest absolute Gasteiger partial charge is 0.418 e. The number of benzene rings is 1. The van der Waals surface area contributed by atoms with E-state index in [2.05, 4.69) is 16.3 Å². The first-order valence-electron chi connectivity index (χ1n) is 2.99. The summed E-state index contributed by atoms with van der Waals surface area (Å²) in [5.41, 5.74) is 7.00. The van der Waals surface area contributed by atoms with E-state index in [0.29, 0.717) is 16.5 Å². The van der Waals surface area contributed by atoms with Crippen molar-refractivity contribution in [1.29, 1.82) is 0 Å². The highest BCUT2D eigenvalue weighted by atomic mass is 79.9. The maximum absolute atomic E-state index is 5.75. The van der Waals surface area contributed by atoms with Gasteiger partial charge < -0.3 is 9.56 Å². The quantitative estimate of drug-likeness (QED) is 0.761. The summed E-state index contributed by atoms with van der Waals surface area (Å²) >= 11 is 8.62. The summed E-state index contributed by atoms with van der Waals surface area (Å²) in [5, 5.41) is 0.552. The van der Waals surface area contributed by atoms with E-state index in [1.54, 1.807) is 12.1 Å². The Hall–Kier alpha value is -0.410. The second kappa shape index (κ2) is 3.32. The second-order valence-electron chi connectivity index (χ2n) is 2.22. The van der Waals surface area contributed by atoms with E-state index < -0.39 is 0 Å². The monoisotopic (exact) mass is 235 g/mol. The molecule has 0 aliphatic carbocycles. The van der Waals surface area contributed by atoms with Gasteiger partial charge in [-0.2, -0.15) is 0 Å². The molecule has 0 spiro atoms. The Bertz CT molecular complexity index is 277. The van der Waals surface area contributed by atoms with E-state index in [9.17, 15) is 0 Å². The van der Waals surface area contributed by atoms with Crippen LogP contribution >= 0.6 is 27.9 Å². The maximum atomic E-state index is 5.75. The Morgan fingerprint density at radius 1 is 1.55 bits per heavy atom. The molecule has 0 aromatic heterocycles. The number of halogens is 2. The third-order valence-corrected chi connectivity index (χ3v) is 2.05. The predicted molar refractivity (Wildman–Crippen MR) is 50.2 cm³/mol. The van der Waals surface area contributed by atoms with E-state index in [1.807, 2.05) is 6.92 Å². The molecule has 0 aliphatic rings. The fourth-order valence-corrected chi connectivity index (χ4v) is 1.32. The highest BCUT2D eigenvalue weighted by Gasteiger charge is 2.02. The zero-order chi connectivity index (χ0) is 8.43. The first-order valence-corrected chi connectivity index (χ1v) is 4.02. The molecule has 2 N–H and O–H groups in total. The average molecular weight is 236 g/mol. The van der Waals surface area contributed by atoms with Crippen LogP contribution in [0.2, 0.25) is 5.02 Å². The molecular weight excluding hydrogens is 229 g/mol. The SMILES string of the molecule is Cc1cc(Cl)c(N)cc1OBr. The molecule has 0 heterocycles. The van der Waals surface area contributed by atoms with Gasteiger partial charge >= 0.3 is 0 Å². The van der Waals surface area contributed by atoms with E-state index >= 15 is 0 Å². The van der Waals surface area contributed by atoms with Crippen molar-refractivity contribution in [3.63, 3.8) is 0 Å². The molecule has 0 fully saturated rings. The highest BCUT2D eigenvalue weighted by Crippen LogP contribution is 2.28. The fourth-order valence-electron chi connectivity index (χ4n) is 0.752. The Kier molecular flexibility index (Phi) is 2.62. The van der Waals surface area contributed by atoms with Crippen molar-refractivity contribution in [2.24, 2.45) is 0 Å². The summed E-state index contributed by atoms with van der Waals surface area (Å²) in [4.78, 5) is 0. The molecule has 1 aromatic rings. The lowest BCUT2D eigenvalue weighted by molar-refractivity contribution is 0.672. The van der Waals surface area contributed by atoms with Crippen LogP contribution in [0.25, 0.3) is 0 Å². The van der Waals surface area contributed by atoms with Gasteiger partial charge in [0.15, 0.2) is 16.3 Å². The molecule has 0 saturated heterocycles. The topological polar surface area (TPSA) is 35.2 Å². The van der Waals surface area contributed by atoms with Gasteiger partial charge in [-0.25, -0.2) is 0 Å². The van der Waals surface area contributed by atoms with Crippen LogP contribution in [-0.4, -0.2) is 0 Å². The van der Waals surface area contributed by atoms with Crippen LogP contribution in [0.3, 0.4) is 0 Å². The van der Waals surface area contributed by atoms with Gasteiger partial charge in [-0.1, -0.05) is 11.6 Å². The lowest BCUT2D eigenvalue weighted by atomic mass is 10.2. The molecule has 2 nitrogen and oxygen atoms in total. The molecule has 0 atom stereocenters. The first-order chi connectivity index (χ1) is 5.15. The van der Waals surface area contributed by atoms with Crippen molar-refractivity contribution in [3.05, 3.63) is 22.7 Å². The second-order valence-corrected chi connectivity index (χ2v) is 2.95. The summed E-state index contributed by atoms with van der Waals surface area (Å²) < 4.78 is 4.85. The van der Waals surface area contributed by atoms with Crippen LogP contribution in [0, 0.1) is 6.92 Å². The third kappa shape index (κ3) is 1.79. The molecule has 11 heavy (non-hydrogen) atoms. The predicted octanol–water partition coefficient (Wildman–Crippen LogP) is 2.92. The molecule has 0 amide bonds. The molecule has 0 bridgehead atoms. The minimum absolute atomic E-state index is 0.520. The molecule has 1 rings (SSSR count). The zero-order valence-electron chi connectivity index (χ0n) is 5.90. The fraction of sp³-hybridized carbons (Fsp3) is 0.143. The number of hydrogen-bond acceptors (Lipinski definition) is 2. The molecular formula is C7H7BrClNO. The van der Waals surface area contributed by atoms with Gasteiger partial charge in [0.2, 0.25) is 0 Å². The Balaban J connectivity index is 3.21. The van der Waals surface area contributed by atoms with Crippen molar-refractivity contribution in [2.45, 2.75) is 6.92 Å². The Morgan fingerprint density at radius 3 is 2.73 bits per heavy atom. The van der Waals surface area contributed by atoms with Gasteiger partial charge in [0.1, 0.15) is 5.75 Å². The van der Waals surface area contributed by atoms with Gasteiger partial charge in [0, 0.05) is 6.07 Å². The summed E-state index contributed by atoms with van der Waals surface area (Å²) in [6.07, 6.45) is 0. The number of rotatable bonds is 1. The molecule has 1 aromatic carbocycles. The zero-order valence-corrected chi connectivity index (χ0v) is 8.24. The number of nitrogen functional groups attached to an aromatic ring is 1. The number of nitrogens with two attached hydrogens (primary N) is 1.